The monoisotopic (exact) mass is 323 g/mol. The van der Waals surface area contributed by atoms with Gasteiger partial charge in [-0.1, -0.05) is 29.3 Å². The fourth-order valence-electron chi connectivity index (χ4n) is 1.69. The van der Waals surface area contributed by atoms with Crippen LogP contribution in [0.3, 0.4) is 0 Å². The van der Waals surface area contributed by atoms with Gasteiger partial charge < -0.3 is 10.1 Å². The zero-order valence-corrected chi connectivity index (χ0v) is 12.5. The normalized spacial score (nSPS) is 10.0. The molecule has 1 amide bonds. The second-order valence-electron chi connectivity index (χ2n) is 4.15. The van der Waals surface area contributed by atoms with Crippen molar-refractivity contribution < 1.29 is 14.3 Å². The molecule has 0 heterocycles. The van der Waals surface area contributed by atoms with E-state index in [2.05, 4.69) is 10.1 Å². The molecule has 0 unspecified atom stereocenters. The first-order valence-electron chi connectivity index (χ1n) is 5.96. The van der Waals surface area contributed by atoms with E-state index < -0.39 is 5.97 Å². The number of esters is 1. The van der Waals surface area contributed by atoms with Gasteiger partial charge in [0.15, 0.2) is 0 Å². The molecule has 0 aliphatic rings. The zero-order valence-electron chi connectivity index (χ0n) is 11.0. The minimum absolute atomic E-state index is 0.298. The molecule has 2 aromatic carbocycles. The van der Waals surface area contributed by atoms with Gasteiger partial charge >= 0.3 is 5.97 Å². The number of hydrogen-bond donors (Lipinski definition) is 1. The van der Waals surface area contributed by atoms with E-state index in [4.69, 9.17) is 23.2 Å². The molecule has 21 heavy (non-hydrogen) atoms. The Balaban J connectivity index is 2.22. The third-order valence-electron chi connectivity index (χ3n) is 2.73. The van der Waals surface area contributed by atoms with Gasteiger partial charge in [0, 0.05) is 10.6 Å². The summed E-state index contributed by atoms with van der Waals surface area (Å²) in [5.41, 5.74) is 1.06. The van der Waals surface area contributed by atoms with Gasteiger partial charge in [0.05, 0.1) is 23.4 Å². The maximum Gasteiger partial charge on any atom is 0.337 e. The van der Waals surface area contributed by atoms with E-state index in [-0.39, 0.29) is 5.91 Å². The van der Waals surface area contributed by atoms with Crippen LogP contribution in [0.1, 0.15) is 20.7 Å². The van der Waals surface area contributed by atoms with Crippen LogP contribution >= 0.6 is 23.2 Å². The largest absolute Gasteiger partial charge is 0.465 e. The number of nitrogens with one attached hydrogen (secondary N) is 1. The Morgan fingerprint density at radius 3 is 2.43 bits per heavy atom. The van der Waals surface area contributed by atoms with Crippen LogP contribution < -0.4 is 5.32 Å². The highest BCUT2D eigenvalue weighted by Crippen LogP contribution is 2.25. The van der Waals surface area contributed by atoms with E-state index in [9.17, 15) is 9.59 Å². The molecule has 0 radical (unpaired) electrons. The number of benzene rings is 2. The van der Waals surface area contributed by atoms with Crippen molar-refractivity contribution in [3.63, 3.8) is 0 Å². The predicted molar refractivity (Wildman–Crippen MR) is 82.2 cm³/mol. The molecule has 2 aromatic rings. The highest BCUT2D eigenvalue weighted by atomic mass is 35.5. The molecular weight excluding hydrogens is 313 g/mol. The highest BCUT2D eigenvalue weighted by molar-refractivity contribution is 6.36. The quantitative estimate of drug-likeness (QED) is 0.867. The maximum atomic E-state index is 12.2. The van der Waals surface area contributed by atoms with E-state index >= 15 is 0 Å². The second-order valence-corrected chi connectivity index (χ2v) is 4.99. The molecule has 2 rings (SSSR count). The number of methoxy groups -OCH3 is 1. The first kappa shape index (κ1) is 15.4. The fraction of sp³-hybridized carbons (Fsp3) is 0.0667. The summed E-state index contributed by atoms with van der Waals surface area (Å²) in [6.07, 6.45) is 0. The van der Waals surface area contributed by atoms with Crippen molar-refractivity contribution in [3.05, 3.63) is 63.6 Å². The van der Waals surface area contributed by atoms with E-state index in [0.29, 0.717) is 26.9 Å². The van der Waals surface area contributed by atoms with Crippen LogP contribution in [-0.4, -0.2) is 19.0 Å². The van der Waals surface area contributed by atoms with Gasteiger partial charge in [0.1, 0.15) is 0 Å². The van der Waals surface area contributed by atoms with E-state index in [0.717, 1.165) is 0 Å². The summed E-state index contributed by atoms with van der Waals surface area (Å²) in [5.74, 6) is -0.890. The Hall–Kier alpha value is -2.04. The Labute approximate surface area is 131 Å². The number of amides is 1. The lowest BCUT2D eigenvalue weighted by Crippen LogP contribution is -2.13. The first-order chi connectivity index (χ1) is 10.0. The summed E-state index contributed by atoms with van der Waals surface area (Å²) in [4.78, 5) is 23.6. The van der Waals surface area contributed by atoms with Crippen molar-refractivity contribution >= 4 is 40.8 Å². The van der Waals surface area contributed by atoms with Crippen LogP contribution in [0.5, 0.6) is 0 Å². The molecular formula is C15H11Cl2NO3. The van der Waals surface area contributed by atoms with E-state index in [1.165, 1.54) is 19.2 Å². The number of carbonyl (C=O) groups is 2. The van der Waals surface area contributed by atoms with Crippen LogP contribution in [0.15, 0.2) is 42.5 Å². The average Bonchev–Trinajstić information content (AvgIpc) is 2.49. The van der Waals surface area contributed by atoms with Crippen LogP contribution in [0.2, 0.25) is 10.0 Å². The lowest BCUT2D eigenvalue weighted by atomic mass is 10.1. The van der Waals surface area contributed by atoms with Crippen molar-refractivity contribution in [2.75, 3.05) is 12.4 Å². The Bertz CT molecular complexity index is 701. The first-order valence-corrected chi connectivity index (χ1v) is 6.71. The molecule has 1 N–H and O–H groups in total. The predicted octanol–water partition coefficient (Wildman–Crippen LogP) is 4.03. The Morgan fingerprint density at radius 2 is 1.76 bits per heavy atom. The maximum absolute atomic E-state index is 12.2. The minimum atomic E-state index is -0.505. The molecule has 0 fully saturated rings. The molecule has 0 aliphatic carbocycles. The van der Waals surface area contributed by atoms with Crippen molar-refractivity contribution in [1.82, 2.24) is 0 Å². The zero-order chi connectivity index (χ0) is 15.4. The average molecular weight is 324 g/mol. The Kier molecular flexibility index (Phi) is 4.83. The third kappa shape index (κ3) is 3.74. The lowest BCUT2D eigenvalue weighted by Gasteiger charge is -2.08. The van der Waals surface area contributed by atoms with Gasteiger partial charge in [-0.3, -0.25) is 4.79 Å². The summed E-state index contributed by atoms with van der Waals surface area (Å²) >= 11 is 11.8. The number of hydrogen-bond acceptors (Lipinski definition) is 3. The molecule has 0 aliphatic heterocycles. The summed E-state index contributed by atoms with van der Waals surface area (Å²) < 4.78 is 4.62. The van der Waals surface area contributed by atoms with Crippen LogP contribution in [0, 0.1) is 0 Å². The van der Waals surface area contributed by atoms with Crippen molar-refractivity contribution in [3.8, 4) is 0 Å². The van der Waals surface area contributed by atoms with E-state index in [1.807, 2.05) is 0 Å². The smallest absolute Gasteiger partial charge is 0.337 e. The molecule has 6 heteroatoms. The van der Waals surface area contributed by atoms with Crippen molar-refractivity contribution in [2.45, 2.75) is 0 Å². The molecule has 0 saturated heterocycles. The summed E-state index contributed by atoms with van der Waals surface area (Å²) in [5, 5.41) is 3.47. The molecule has 4 nitrogen and oxygen atoms in total. The SMILES string of the molecule is COC(=O)c1cccc(C(=O)Nc2ccc(Cl)cc2Cl)c1. The van der Waals surface area contributed by atoms with Gasteiger partial charge in [0.25, 0.3) is 5.91 Å². The number of rotatable bonds is 3. The van der Waals surface area contributed by atoms with E-state index in [1.54, 1.807) is 30.3 Å². The number of anilines is 1. The summed E-state index contributed by atoms with van der Waals surface area (Å²) in [7, 11) is 1.28. The highest BCUT2D eigenvalue weighted by Gasteiger charge is 2.12. The molecule has 0 saturated carbocycles. The van der Waals surface area contributed by atoms with Crippen LogP contribution in [0.4, 0.5) is 5.69 Å². The van der Waals surface area contributed by atoms with Gasteiger partial charge in [-0.15, -0.1) is 0 Å². The van der Waals surface area contributed by atoms with Crippen LogP contribution in [-0.2, 0) is 4.74 Å². The van der Waals surface area contributed by atoms with Crippen LogP contribution in [0.25, 0.3) is 0 Å². The molecule has 0 atom stereocenters. The topological polar surface area (TPSA) is 55.4 Å². The van der Waals surface area contributed by atoms with Crippen molar-refractivity contribution in [2.24, 2.45) is 0 Å². The third-order valence-corrected chi connectivity index (χ3v) is 3.27. The van der Waals surface area contributed by atoms with Gasteiger partial charge in [-0.05, 0) is 36.4 Å². The molecule has 108 valence electrons. The van der Waals surface area contributed by atoms with Gasteiger partial charge in [-0.25, -0.2) is 4.79 Å². The second kappa shape index (κ2) is 6.61. The van der Waals surface area contributed by atoms with Crippen molar-refractivity contribution in [1.29, 1.82) is 0 Å². The van der Waals surface area contributed by atoms with Gasteiger partial charge in [0.2, 0.25) is 0 Å². The standard InChI is InChI=1S/C15H11Cl2NO3/c1-21-15(20)10-4-2-3-9(7-10)14(19)18-13-6-5-11(16)8-12(13)17/h2-8H,1H3,(H,18,19). The summed E-state index contributed by atoms with van der Waals surface area (Å²) in [6.45, 7) is 0. The Morgan fingerprint density at radius 1 is 1.05 bits per heavy atom. The minimum Gasteiger partial charge on any atom is -0.465 e. The lowest BCUT2D eigenvalue weighted by molar-refractivity contribution is 0.0600. The number of carbonyl (C=O) groups excluding carboxylic acids is 2. The number of ether oxygens (including phenoxy) is 1. The molecule has 0 spiro atoms. The summed E-state index contributed by atoms with van der Waals surface area (Å²) in [6, 6.07) is 11.0. The molecule has 0 bridgehead atoms. The number of halogens is 2. The molecule has 0 aromatic heterocycles. The fourth-order valence-corrected chi connectivity index (χ4v) is 2.15. The van der Waals surface area contributed by atoms with Gasteiger partial charge in [-0.2, -0.15) is 0 Å².